The molecule has 0 bridgehead atoms. The summed E-state index contributed by atoms with van der Waals surface area (Å²) in [7, 11) is 0. The van der Waals surface area contributed by atoms with Crippen LogP contribution in [-0.4, -0.2) is 11.7 Å². The van der Waals surface area contributed by atoms with Crippen molar-refractivity contribution in [3.05, 3.63) is 34.9 Å². The molecule has 1 aromatic carbocycles. The number of hydrogen-bond donors (Lipinski definition) is 2. The first-order valence-electron chi connectivity index (χ1n) is 4.68. The number of urea groups is 1. The highest BCUT2D eigenvalue weighted by atomic mass is 16.2. The Balaban J connectivity index is 2.91. The smallest absolute Gasteiger partial charge is 0.332 e. The maximum atomic E-state index is 10.5. The van der Waals surface area contributed by atoms with Crippen LogP contribution in [0.5, 0.6) is 0 Å². The molecule has 0 atom stereocenters. The number of carbonyl (C=O) groups is 1. The third-order valence-electron chi connectivity index (χ3n) is 2.26. The van der Waals surface area contributed by atoms with Gasteiger partial charge in [-0.25, -0.2) is 10.2 Å². The van der Waals surface area contributed by atoms with Gasteiger partial charge in [0.15, 0.2) is 0 Å². The summed E-state index contributed by atoms with van der Waals surface area (Å²) in [6.07, 6.45) is 0. The molecule has 80 valence electrons. The van der Waals surface area contributed by atoms with Gasteiger partial charge in [0.25, 0.3) is 0 Å². The van der Waals surface area contributed by atoms with Crippen LogP contribution in [0.2, 0.25) is 0 Å². The normalized spacial score (nSPS) is 11.3. The first kappa shape index (κ1) is 11.2. The van der Waals surface area contributed by atoms with Crippen molar-refractivity contribution < 1.29 is 4.79 Å². The molecule has 0 aliphatic carbocycles. The minimum absolute atomic E-state index is 0.654. The van der Waals surface area contributed by atoms with E-state index in [-0.39, 0.29) is 0 Å². The van der Waals surface area contributed by atoms with Crippen molar-refractivity contribution >= 4 is 11.7 Å². The van der Waals surface area contributed by atoms with Gasteiger partial charge in [0, 0.05) is 0 Å². The molecule has 0 aliphatic rings. The number of amides is 2. The van der Waals surface area contributed by atoms with Gasteiger partial charge in [0.1, 0.15) is 0 Å². The molecule has 0 heterocycles. The number of aryl methyl sites for hydroxylation is 2. The lowest BCUT2D eigenvalue weighted by Gasteiger charge is -2.04. The van der Waals surface area contributed by atoms with Crippen LogP contribution in [-0.2, 0) is 0 Å². The average molecular weight is 205 g/mol. The maximum Gasteiger partial charge on any atom is 0.332 e. The lowest BCUT2D eigenvalue weighted by molar-refractivity contribution is 0.249. The Kier molecular flexibility index (Phi) is 3.44. The monoisotopic (exact) mass is 205 g/mol. The highest BCUT2D eigenvalue weighted by molar-refractivity contribution is 5.99. The summed E-state index contributed by atoms with van der Waals surface area (Å²) < 4.78 is 0. The van der Waals surface area contributed by atoms with E-state index in [0.29, 0.717) is 0 Å². The fraction of sp³-hybridized carbons (Fsp3) is 0.273. The highest BCUT2D eigenvalue weighted by Crippen LogP contribution is 2.10. The predicted octanol–water partition coefficient (Wildman–Crippen LogP) is 1.70. The molecule has 1 aromatic rings. The third kappa shape index (κ3) is 3.09. The van der Waals surface area contributed by atoms with Crippen molar-refractivity contribution in [1.82, 2.24) is 5.43 Å². The third-order valence-corrected chi connectivity index (χ3v) is 2.26. The standard InChI is InChI=1S/C11H15N3O/c1-7-4-5-10(6-8(7)2)9(3)13-14-11(12)15/h4-6H,1-3H3,(H3,12,14,15). The Morgan fingerprint density at radius 2 is 2.00 bits per heavy atom. The second-order valence-corrected chi connectivity index (χ2v) is 3.47. The lowest BCUT2D eigenvalue weighted by Crippen LogP contribution is -2.25. The van der Waals surface area contributed by atoms with Crippen LogP contribution in [0.15, 0.2) is 23.3 Å². The largest absolute Gasteiger partial charge is 0.350 e. The quantitative estimate of drug-likeness (QED) is 0.560. The zero-order chi connectivity index (χ0) is 11.4. The van der Waals surface area contributed by atoms with Crippen molar-refractivity contribution in [3.8, 4) is 0 Å². The number of nitrogens with one attached hydrogen (secondary N) is 1. The molecule has 1 rings (SSSR count). The van der Waals surface area contributed by atoms with E-state index in [0.717, 1.165) is 11.3 Å². The number of nitrogens with two attached hydrogens (primary N) is 1. The SMILES string of the molecule is CC(=NNC(N)=O)c1ccc(C)c(C)c1. The van der Waals surface area contributed by atoms with Crippen molar-refractivity contribution in [2.45, 2.75) is 20.8 Å². The molecule has 0 saturated heterocycles. The minimum atomic E-state index is -0.654. The molecule has 2 amide bonds. The maximum absolute atomic E-state index is 10.5. The van der Waals surface area contributed by atoms with Crippen LogP contribution in [0.25, 0.3) is 0 Å². The molecule has 0 aromatic heterocycles. The van der Waals surface area contributed by atoms with Gasteiger partial charge in [-0.15, -0.1) is 0 Å². The number of carbonyl (C=O) groups excluding carboxylic acids is 1. The zero-order valence-electron chi connectivity index (χ0n) is 9.16. The number of nitrogens with zero attached hydrogens (tertiary/aromatic N) is 1. The number of rotatable bonds is 2. The summed E-state index contributed by atoms with van der Waals surface area (Å²) in [6.45, 7) is 5.90. The van der Waals surface area contributed by atoms with E-state index >= 15 is 0 Å². The van der Waals surface area contributed by atoms with Gasteiger partial charge in [0.05, 0.1) is 5.71 Å². The second kappa shape index (κ2) is 4.59. The molecule has 0 spiro atoms. The Labute approximate surface area is 89.2 Å². The summed E-state index contributed by atoms with van der Waals surface area (Å²) in [5.41, 5.74) is 11.3. The van der Waals surface area contributed by atoms with Gasteiger partial charge in [-0.1, -0.05) is 12.1 Å². The summed E-state index contributed by atoms with van der Waals surface area (Å²) in [6, 6.07) is 5.35. The van der Waals surface area contributed by atoms with Crippen molar-refractivity contribution in [2.24, 2.45) is 10.8 Å². The van der Waals surface area contributed by atoms with E-state index in [1.54, 1.807) is 0 Å². The van der Waals surface area contributed by atoms with E-state index in [1.165, 1.54) is 11.1 Å². The Hall–Kier alpha value is -1.84. The van der Waals surface area contributed by atoms with Gasteiger partial charge in [-0.05, 0) is 43.5 Å². The summed E-state index contributed by atoms with van der Waals surface area (Å²) in [4.78, 5) is 10.5. The van der Waals surface area contributed by atoms with E-state index < -0.39 is 6.03 Å². The molecule has 0 aliphatic heterocycles. The highest BCUT2D eigenvalue weighted by Gasteiger charge is 2.00. The predicted molar refractivity (Wildman–Crippen MR) is 60.8 cm³/mol. The molecule has 0 unspecified atom stereocenters. The Bertz CT molecular complexity index is 410. The number of hydrogen-bond acceptors (Lipinski definition) is 2. The average Bonchev–Trinajstić information content (AvgIpc) is 2.18. The van der Waals surface area contributed by atoms with Crippen molar-refractivity contribution in [2.75, 3.05) is 0 Å². The van der Waals surface area contributed by atoms with Gasteiger partial charge < -0.3 is 5.73 Å². The van der Waals surface area contributed by atoms with Crippen LogP contribution in [0, 0.1) is 13.8 Å². The van der Waals surface area contributed by atoms with Crippen molar-refractivity contribution in [1.29, 1.82) is 0 Å². The number of primary amides is 1. The zero-order valence-corrected chi connectivity index (χ0v) is 9.16. The van der Waals surface area contributed by atoms with Gasteiger partial charge in [-0.3, -0.25) is 0 Å². The molecule has 0 saturated carbocycles. The molecule has 0 fully saturated rings. The van der Waals surface area contributed by atoms with E-state index in [9.17, 15) is 4.79 Å². The van der Waals surface area contributed by atoms with E-state index in [1.807, 2.05) is 39.0 Å². The molecular formula is C11H15N3O. The summed E-state index contributed by atoms with van der Waals surface area (Å²) in [5, 5.41) is 3.86. The van der Waals surface area contributed by atoms with Crippen LogP contribution in [0.1, 0.15) is 23.6 Å². The topological polar surface area (TPSA) is 67.5 Å². The van der Waals surface area contributed by atoms with Crippen LogP contribution in [0.3, 0.4) is 0 Å². The fourth-order valence-corrected chi connectivity index (χ4v) is 1.17. The van der Waals surface area contributed by atoms with Crippen LogP contribution < -0.4 is 11.2 Å². The molecular weight excluding hydrogens is 190 g/mol. The first-order chi connectivity index (χ1) is 7.00. The van der Waals surface area contributed by atoms with Crippen LogP contribution in [0.4, 0.5) is 4.79 Å². The fourth-order valence-electron chi connectivity index (χ4n) is 1.17. The second-order valence-electron chi connectivity index (χ2n) is 3.47. The molecule has 3 N–H and O–H groups in total. The van der Waals surface area contributed by atoms with Crippen molar-refractivity contribution in [3.63, 3.8) is 0 Å². The Morgan fingerprint density at radius 1 is 1.33 bits per heavy atom. The number of benzene rings is 1. The minimum Gasteiger partial charge on any atom is -0.350 e. The van der Waals surface area contributed by atoms with Crippen LogP contribution >= 0.6 is 0 Å². The molecule has 4 heteroatoms. The number of hydrazone groups is 1. The summed E-state index contributed by atoms with van der Waals surface area (Å²) in [5.74, 6) is 0. The molecule has 4 nitrogen and oxygen atoms in total. The molecule has 15 heavy (non-hydrogen) atoms. The first-order valence-corrected chi connectivity index (χ1v) is 4.68. The lowest BCUT2D eigenvalue weighted by atomic mass is 10.0. The molecule has 0 radical (unpaired) electrons. The van der Waals surface area contributed by atoms with Gasteiger partial charge in [-0.2, -0.15) is 5.10 Å². The Morgan fingerprint density at radius 3 is 2.53 bits per heavy atom. The van der Waals surface area contributed by atoms with E-state index in [4.69, 9.17) is 5.73 Å². The van der Waals surface area contributed by atoms with E-state index in [2.05, 4.69) is 10.5 Å². The van der Waals surface area contributed by atoms with Gasteiger partial charge in [0.2, 0.25) is 0 Å². The summed E-state index contributed by atoms with van der Waals surface area (Å²) >= 11 is 0. The van der Waals surface area contributed by atoms with Gasteiger partial charge >= 0.3 is 6.03 Å².